The number of carbonyl (C=O) groups is 1. The van der Waals surface area contributed by atoms with Crippen molar-refractivity contribution in [3.05, 3.63) is 56.4 Å². The summed E-state index contributed by atoms with van der Waals surface area (Å²) in [7, 11) is 0. The third-order valence-corrected chi connectivity index (χ3v) is 6.57. The molecule has 0 aliphatic heterocycles. The van der Waals surface area contributed by atoms with Gasteiger partial charge in [0.15, 0.2) is 10.9 Å². The monoisotopic (exact) mass is 404 g/mol. The molecule has 1 aromatic carbocycles. The Morgan fingerprint density at radius 3 is 2.63 bits per heavy atom. The minimum Gasteiger partial charge on any atom is -0.293 e. The Balaban J connectivity index is 1.93. The highest BCUT2D eigenvalue weighted by molar-refractivity contribution is 7.99. The first-order valence-corrected chi connectivity index (χ1v) is 10.6. The summed E-state index contributed by atoms with van der Waals surface area (Å²) in [5.74, 6) is -0.336. The molecule has 2 aromatic heterocycles. The summed E-state index contributed by atoms with van der Waals surface area (Å²) in [5.41, 5.74) is 1.40. The molecule has 0 fully saturated rings. The molecule has 0 atom stereocenters. The molecule has 3 rings (SSSR count). The van der Waals surface area contributed by atoms with Gasteiger partial charge in [-0.2, -0.15) is 0 Å². The van der Waals surface area contributed by atoms with Crippen LogP contribution in [-0.2, 0) is 6.54 Å². The van der Waals surface area contributed by atoms with Crippen LogP contribution >= 0.6 is 23.1 Å². The average molecular weight is 405 g/mol. The predicted octanol–water partition coefficient (Wildman–Crippen LogP) is 4.99. The Bertz CT molecular complexity index is 1040. The molecule has 4 nitrogen and oxygen atoms in total. The number of nitrogens with zero attached hydrogens (tertiary/aromatic N) is 2. The second-order valence-corrected chi connectivity index (χ2v) is 8.53. The number of rotatable bonds is 7. The van der Waals surface area contributed by atoms with Gasteiger partial charge in [0, 0.05) is 17.0 Å². The summed E-state index contributed by atoms with van der Waals surface area (Å²) in [6, 6.07) is 5.50. The van der Waals surface area contributed by atoms with E-state index in [-0.39, 0.29) is 22.9 Å². The van der Waals surface area contributed by atoms with E-state index in [1.807, 2.05) is 13.8 Å². The zero-order chi connectivity index (χ0) is 19.6. The van der Waals surface area contributed by atoms with Crippen LogP contribution in [0.15, 0.2) is 34.2 Å². The Kier molecular flexibility index (Phi) is 6.11. The lowest BCUT2D eigenvalue weighted by atomic mass is 10.1. The molecular formula is C20H21FN2O2S2. The predicted molar refractivity (Wildman–Crippen MR) is 110 cm³/mol. The van der Waals surface area contributed by atoms with Crippen LogP contribution < -0.4 is 5.56 Å². The molecule has 0 saturated carbocycles. The van der Waals surface area contributed by atoms with Crippen molar-refractivity contribution >= 4 is 39.1 Å². The van der Waals surface area contributed by atoms with Crippen molar-refractivity contribution in [1.82, 2.24) is 9.55 Å². The third kappa shape index (κ3) is 4.14. The van der Waals surface area contributed by atoms with Gasteiger partial charge < -0.3 is 0 Å². The summed E-state index contributed by atoms with van der Waals surface area (Å²) < 4.78 is 14.7. The van der Waals surface area contributed by atoms with Crippen LogP contribution in [0.1, 0.15) is 40.6 Å². The zero-order valence-electron chi connectivity index (χ0n) is 15.5. The quantitative estimate of drug-likeness (QED) is 0.316. The number of unbranched alkanes of at least 4 members (excludes halogenated alkanes) is 1. The van der Waals surface area contributed by atoms with Gasteiger partial charge in [0.05, 0.1) is 11.1 Å². The van der Waals surface area contributed by atoms with Crippen LogP contribution in [0.5, 0.6) is 0 Å². The molecule has 0 aliphatic rings. The molecule has 0 radical (unpaired) electrons. The van der Waals surface area contributed by atoms with Crippen LogP contribution in [0.4, 0.5) is 4.39 Å². The van der Waals surface area contributed by atoms with Gasteiger partial charge in [-0.05, 0) is 50.1 Å². The van der Waals surface area contributed by atoms with Gasteiger partial charge in [-0.25, -0.2) is 9.37 Å². The SMILES string of the molecule is CCCCn1c(SCC(=O)c2ccc(F)cc2)nc2sc(C)c(C)c2c1=O. The van der Waals surface area contributed by atoms with Crippen molar-refractivity contribution < 1.29 is 9.18 Å². The zero-order valence-corrected chi connectivity index (χ0v) is 17.2. The molecule has 2 heterocycles. The number of benzene rings is 1. The molecule has 0 bridgehead atoms. The molecule has 0 spiro atoms. The Hall–Kier alpha value is -1.99. The highest BCUT2D eigenvalue weighted by atomic mass is 32.2. The number of fused-ring (bicyclic) bond motifs is 1. The first kappa shape index (κ1) is 19.8. The fraction of sp³-hybridized carbons (Fsp3) is 0.350. The summed E-state index contributed by atoms with van der Waals surface area (Å²) in [5, 5.41) is 1.25. The van der Waals surface area contributed by atoms with E-state index in [0.29, 0.717) is 22.7 Å². The third-order valence-electron chi connectivity index (χ3n) is 4.49. The number of carbonyl (C=O) groups excluding carboxylic acids is 1. The number of thioether (sulfide) groups is 1. The van der Waals surface area contributed by atoms with Gasteiger partial charge >= 0.3 is 0 Å². The summed E-state index contributed by atoms with van der Waals surface area (Å²) in [6.45, 7) is 6.59. The first-order valence-electron chi connectivity index (χ1n) is 8.84. The molecule has 7 heteroatoms. The lowest BCUT2D eigenvalue weighted by Crippen LogP contribution is -2.23. The van der Waals surface area contributed by atoms with E-state index in [4.69, 9.17) is 0 Å². The molecule has 3 aromatic rings. The van der Waals surface area contributed by atoms with Crippen molar-refractivity contribution in [3.63, 3.8) is 0 Å². The van der Waals surface area contributed by atoms with E-state index in [0.717, 1.165) is 28.1 Å². The van der Waals surface area contributed by atoms with Crippen LogP contribution in [0.3, 0.4) is 0 Å². The van der Waals surface area contributed by atoms with E-state index in [9.17, 15) is 14.0 Å². The number of hydrogen-bond donors (Lipinski definition) is 0. The molecular weight excluding hydrogens is 383 g/mol. The summed E-state index contributed by atoms with van der Waals surface area (Å²) >= 11 is 2.77. The van der Waals surface area contributed by atoms with Crippen molar-refractivity contribution in [2.24, 2.45) is 0 Å². The number of halogens is 1. The first-order chi connectivity index (χ1) is 12.9. The van der Waals surface area contributed by atoms with Crippen LogP contribution in [0.25, 0.3) is 10.2 Å². The number of thiophene rings is 1. The van der Waals surface area contributed by atoms with Gasteiger partial charge in [0.2, 0.25) is 0 Å². The molecule has 27 heavy (non-hydrogen) atoms. The minimum atomic E-state index is -0.372. The number of aromatic nitrogens is 2. The number of ketones is 1. The second kappa shape index (κ2) is 8.35. The standard InChI is InChI=1S/C20H21FN2O2S2/c1-4-5-10-23-19(25)17-12(2)13(3)27-18(17)22-20(23)26-11-16(24)14-6-8-15(21)9-7-14/h6-9H,4-5,10-11H2,1-3H3. The van der Waals surface area contributed by atoms with Gasteiger partial charge in [-0.15, -0.1) is 11.3 Å². The number of hydrogen-bond acceptors (Lipinski definition) is 5. The lowest BCUT2D eigenvalue weighted by molar-refractivity contribution is 0.102. The lowest BCUT2D eigenvalue weighted by Gasteiger charge is -2.11. The maximum atomic E-state index is 13.0. The van der Waals surface area contributed by atoms with Gasteiger partial charge in [0.1, 0.15) is 10.6 Å². The molecule has 0 aliphatic carbocycles. The second-order valence-electron chi connectivity index (χ2n) is 6.39. The maximum absolute atomic E-state index is 13.0. The fourth-order valence-electron chi connectivity index (χ4n) is 2.78. The molecule has 0 amide bonds. The minimum absolute atomic E-state index is 0.0352. The Labute approximate surface area is 165 Å². The van der Waals surface area contributed by atoms with Crippen molar-refractivity contribution in [3.8, 4) is 0 Å². The smallest absolute Gasteiger partial charge is 0.263 e. The molecule has 0 unspecified atom stereocenters. The van der Waals surface area contributed by atoms with Gasteiger partial charge in [-0.3, -0.25) is 14.2 Å². The summed E-state index contributed by atoms with van der Waals surface area (Å²) in [4.78, 5) is 31.9. The highest BCUT2D eigenvalue weighted by Gasteiger charge is 2.17. The van der Waals surface area contributed by atoms with Crippen LogP contribution in [-0.4, -0.2) is 21.1 Å². The normalized spacial score (nSPS) is 11.3. The summed E-state index contributed by atoms with van der Waals surface area (Å²) in [6.07, 6.45) is 1.83. The van der Waals surface area contributed by atoms with E-state index < -0.39 is 0 Å². The van der Waals surface area contributed by atoms with Crippen molar-refractivity contribution in [1.29, 1.82) is 0 Å². The molecule has 0 saturated heterocycles. The number of Topliss-reactive ketones (excluding diaryl/α,β-unsaturated/α-hetero) is 1. The average Bonchev–Trinajstić information content (AvgIpc) is 2.93. The van der Waals surface area contributed by atoms with Gasteiger partial charge in [0.25, 0.3) is 5.56 Å². The largest absolute Gasteiger partial charge is 0.293 e. The van der Waals surface area contributed by atoms with Crippen LogP contribution in [0, 0.1) is 19.7 Å². The van der Waals surface area contributed by atoms with Crippen molar-refractivity contribution in [2.75, 3.05) is 5.75 Å². The van der Waals surface area contributed by atoms with E-state index in [1.165, 1.54) is 47.4 Å². The Morgan fingerprint density at radius 2 is 1.96 bits per heavy atom. The number of aryl methyl sites for hydroxylation is 2. The van der Waals surface area contributed by atoms with E-state index >= 15 is 0 Å². The van der Waals surface area contributed by atoms with E-state index in [1.54, 1.807) is 4.57 Å². The molecule has 0 N–H and O–H groups in total. The molecule has 142 valence electrons. The van der Waals surface area contributed by atoms with Crippen molar-refractivity contribution in [2.45, 2.75) is 45.3 Å². The van der Waals surface area contributed by atoms with Crippen LogP contribution in [0.2, 0.25) is 0 Å². The fourth-order valence-corrected chi connectivity index (χ4v) is 4.77. The van der Waals surface area contributed by atoms with Gasteiger partial charge in [-0.1, -0.05) is 25.1 Å². The highest BCUT2D eigenvalue weighted by Crippen LogP contribution is 2.28. The maximum Gasteiger partial charge on any atom is 0.263 e. The van der Waals surface area contributed by atoms with E-state index in [2.05, 4.69) is 11.9 Å². The topological polar surface area (TPSA) is 52.0 Å². The Morgan fingerprint density at radius 1 is 1.26 bits per heavy atom.